The van der Waals surface area contributed by atoms with E-state index in [1.54, 1.807) is 42.5 Å². The maximum absolute atomic E-state index is 12.8. The standard InChI is InChI=1S/C25H25N3O7/c1-32-17-11-9-15(10-12-17)23(29)26-19-8-6-5-7-18(19)25(31)28-27-24(30)16-13-20(33-2)22(35-4)21(14-16)34-3/h5-14H,1-4H3,(H,26,29)(H,27,30)(H,28,31). The maximum Gasteiger partial charge on any atom is 0.271 e. The second-order valence-electron chi connectivity index (χ2n) is 7.05. The molecule has 0 heterocycles. The highest BCUT2D eigenvalue weighted by Gasteiger charge is 2.19. The molecule has 0 unspecified atom stereocenters. The van der Waals surface area contributed by atoms with Gasteiger partial charge in [-0.25, -0.2) is 0 Å². The molecule has 3 rings (SSSR count). The van der Waals surface area contributed by atoms with Crippen molar-refractivity contribution < 1.29 is 33.3 Å². The first-order chi connectivity index (χ1) is 16.9. The van der Waals surface area contributed by atoms with Crippen molar-refractivity contribution in [1.82, 2.24) is 10.9 Å². The van der Waals surface area contributed by atoms with Crippen LogP contribution in [0.4, 0.5) is 5.69 Å². The average Bonchev–Trinajstić information content (AvgIpc) is 2.90. The summed E-state index contributed by atoms with van der Waals surface area (Å²) in [6, 6.07) is 15.8. The van der Waals surface area contributed by atoms with Gasteiger partial charge < -0.3 is 24.3 Å². The minimum Gasteiger partial charge on any atom is -0.497 e. The van der Waals surface area contributed by atoms with Crippen LogP contribution in [0.5, 0.6) is 23.0 Å². The molecule has 0 bridgehead atoms. The number of ether oxygens (including phenoxy) is 4. The molecule has 0 aliphatic heterocycles. The van der Waals surface area contributed by atoms with Crippen LogP contribution in [-0.4, -0.2) is 46.2 Å². The van der Waals surface area contributed by atoms with Gasteiger partial charge in [-0.1, -0.05) is 12.1 Å². The SMILES string of the molecule is COc1ccc(C(=O)Nc2ccccc2C(=O)NNC(=O)c2cc(OC)c(OC)c(OC)c2)cc1. The average molecular weight is 479 g/mol. The number of hydrogen-bond donors (Lipinski definition) is 3. The third kappa shape index (κ3) is 5.80. The van der Waals surface area contributed by atoms with Crippen LogP contribution in [0.15, 0.2) is 60.7 Å². The third-order valence-corrected chi connectivity index (χ3v) is 4.99. The number of benzene rings is 3. The summed E-state index contributed by atoms with van der Waals surface area (Å²) in [5.41, 5.74) is 5.67. The summed E-state index contributed by atoms with van der Waals surface area (Å²) in [7, 11) is 5.84. The molecule has 0 spiro atoms. The summed E-state index contributed by atoms with van der Waals surface area (Å²) in [6.45, 7) is 0. The molecule has 0 aliphatic rings. The Morgan fingerprint density at radius 2 is 1.23 bits per heavy atom. The first-order valence-corrected chi connectivity index (χ1v) is 10.4. The van der Waals surface area contributed by atoms with Crippen molar-refractivity contribution in [1.29, 1.82) is 0 Å². The fourth-order valence-electron chi connectivity index (χ4n) is 3.19. The number of nitrogens with one attached hydrogen (secondary N) is 3. The predicted octanol–water partition coefficient (Wildman–Crippen LogP) is 3.05. The first-order valence-electron chi connectivity index (χ1n) is 10.4. The molecule has 3 amide bonds. The van der Waals surface area contributed by atoms with Crippen molar-refractivity contribution in [3.05, 3.63) is 77.4 Å². The molecule has 10 nitrogen and oxygen atoms in total. The Hall–Kier alpha value is -4.73. The number of hydrazine groups is 1. The second-order valence-corrected chi connectivity index (χ2v) is 7.05. The largest absolute Gasteiger partial charge is 0.497 e. The van der Waals surface area contributed by atoms with Crippen LogP contribution in [0.1, 0.15) is 31.1 Å². The van der Waals surface area contributed by atoms with Crippen LogP contribution in [0.25, 0.3) is 0 Å². The normalized spacial score (nSPS) is 10.1. The lowest BCUT2D eigenvalue weighted by atomic mass is 10.1. The lowest BCUT2D eigenvalue weighted by Gasteiger charge is -2.15. The Morgan fingerprint density at radius 1 is 0.629 bits per heavy atom. The van der Waals surface area contributed by atoms with Gasteiger partial charge in [-0.2, -0.15) is 0 Å². The lowest BCUT2D eigenvalue weighted by molar-refractivity contribution is 0.0846. The van der Waals surface area contributed by atoms with E-state index in [0.29, 0.717) is 17.1 Å². The summed E-state index contributed by atoms with van der Waals surface area (Å²) in [5.74, 6) is -0.130. The number of methoxy groups -OCH3 is 4. The number of para-hydroxylation sites is 1. The van der Waals surface area contributed by atoms with Gasteiger partial charge in [0.25, 0.3) is 17.7 Å². The molecule has 3 N–H and O–H groups in total. The molecule has 0 aliphatic carbocycles. The molecule has 0 radical (unpaired) electrons. The zero-order chi connectivity index (χ0) is 25.4. The van der Waals surface area contributed by atoms with Crippen molar-refractivity contribution in [3.63, 3.8) is 0 Å². The molecule has 10 heteroatoms. The topological polar surface area (TPSA) is 124 Å². The van der Waals surface area contributed by atoms with Crippen molar-refractivity contribution in [2.45, 2.75) is 0 Å². The van der Waals surface area contributed by atoms with Gasteiger partial charge in [0.05, 0.1) is 39.7 Å². The minimum absolute atomic E-state index is 0.152. The molecule has 3 aromatic rings. The number of hydrogen-bond acceptors (Lipinski definition) is 7. The highest BCUT2D eigenvalue weighted by atomic mass is 16.5. The van der Waals surface area contributed by atoms with Gasteiger partial charge in [0, 0.05) is 11.1 Å². The molecule has 182 valence electrons. The molecule has 0 fully saturated rings. The van der Waals surface area contributed by atoms with E-state index < -0.39 is 17.7 Å². The summed E-state index contributed by atoms with van der Waals surface area (Å²) >= 11 is 0. The molecule has 0 saturated heterocycles. The molecule has 3 aromatic carbocycles. The molecular weight excluding hydrogens is 454 g/mol. The fourth-order valence-corrected chi connectivity index (χ4v) is 3.19. The van der Waals surface area contributed by atoms with Crippen molar-refractivity contribution in [2.75, 3.05) is 33.8 Å². The van der Waals surface area contributed by atoms with E-state index in [4.69, 9.17) is 18.9 Å². The summed E-state index contributed by atoms with van der Waals surface area (Å²) in [6.07, 6.45) is 0. The molecule has 0 atom stereocenters. The van der Waals surface area contributed by atoms with Crippen molar-refractivity contribution in [3.8, 4) is 23.0 Å². The fraction of sp³-hybridized carbons (Fsp3) is 0.160. The van der Waals surface area contributed by atoms with Gasteiger partial charge in [-0.3, -0.25) is 25.2 Å². The number of carbonyl (C=O) groups excluding carboxylic acids is 3. The molecular formula is C25H25N3O7. The van der Waals surface area contributed by atoms with Crippen LogP contribution in [0.2, 0.25) is 0 Å². The Morgan fingerprint density at radius 3 is 1.80 bits per heavy atom. The van der Waals surface area contributed by atoms with Crippen LogP contribution < -0.4 is 35.1 Å². The molecule has 0 aromatic heterocycles. The Kier molecular flexibility index (Phi) is 8.12. The summed E-state index contributed by atoms with van der Waals surface area (Å²) in [5, 5.41) is 2.71. The highest BCUT2D eigenvalue weighted by molar-refractivity contribution is 6.09. The van der Waals surface area contributed by atoms with Gasteiger partial charge in [-0.05, 0) is 48.5 Å². The van der Waals surface area contributed by atoms with E-state index in [-0.39, 0.29) is 28.3 Å². The third-order valence-electron chi connectivity index (χ3n) is 4.99. The van der Waals surface area contributed by atoms with E-state index in [1.807, 2.05) is 0 Å². The van der Waals surface area contributed by atoms with E-state index in [0.717, 1.165) is 0 Å². The quantitative estimate of drug-likeness (QED) is 0.424. The zero-order valence-corrected chi connectivity index (χ0v) is 19.6. The minimum atomic E-state index is -0.628. The monoisotopic (exact) mass is 479 g/mol. The van der Waals surface area contributed by atoms with E-state index >= 15 is 0 Å². The van der Waals surface area contributed by atoms with E-state index in [1.165, 1.54) is 46.6 Å². The smallest absolute Gasteiger partial charge is 0.271 e. The highest BCUT2D eigenvalue weighted by Crippen LogP contribution is 2.38. The van der Waals surface area contributed by atoms with Gasteiger partial charge in [0.1, 0.15) is 5.75 Å². The first kappa shape index (κ1) is 24.9. The summed E-state index contributed by atoms with van der Waals surface area (Å²) in [4.78, 5) is 38.1. The predicted molar refractivity (Wildman–Crippen MR) is 128 cm³/mol. The van der Waals surface area contributed by atoms with Crippen LogP contribution in [0.3, 0.4) is 0 Å². The van der Waals surface area contributed by atoms with Gasteiger partial charge in [-0.15, -0.1) is 0 Å². The lowest BCUT2D eigenvalue weighted by Crippen LogP contribution is -2.42. The van der Waals surface area contributed by atoms with Crippen molar-refractivity contribution in [2.24, 2.45) is 0 Å². The second kappa shape index (κ2) is 11.4. The van der Waals surface area contributed by atoms with Crippen LogP contribution in [0, 0.1) is 0 Å². The molecule has 0 saturated carbocycles. The Labute approximate surface area is 202 Å². The number of rotatable bonds is 8. The van der Waals surface area contributed by atoms with E-state index in [2.05, 4.69) is 16.2 Å². The number of carbonyl (C=O) groups is 3. The number of amides is 3. The zero-order valence-electron chi connectivity index (χ0n) is 19.6. The van der Waals surface area contributed by atoms with Crippen molar-refractivity contribution >= 4 is 23.4 Å². The number of anilines is 1. The Bertz CT molecular complexity index is 1200. The van der Waals surface area contributed by atoms with Crippen LogP contribution in [-0.2, 0) is 0 Å². The summed E-state index contributed by atoms with van der Waals surface area (Å²) < 4.78 is 20.8. The van der Waals surface area contributed by atoms with E-state index in [9.17, 15) is 14.4 Å². The van der Waals surface area contributed by atoms with Crippen LogP contribution >= 0.6 is 0 Å². The molecule has 35 heavy (non-hydrogen) atoms. The van der Waals surface area contributed by atoms with Gasteiger partial charge in [0.15, 0.2) is 11.5 Å². The van der Waals surface area contributed by atoms with Gasteiger partial charge in [0.2, 0.25) is 5.75 Å². The van der Waals surface area contributed by atoms with Gasteiger partial charge >= 0.3 is 0 Å². The maximum atomic E-state index is 12.8. The Balaban J connectivity index is 1.72.